The predicted octanol–water partition coefficient (Wildman–Crippen LogP) is 3.06. The lowest BCUT2D eigenvalue weighted by molar-refractivity contribution is -0.118. The van der Waals surface area contributed by atoms with Crippen molar-refractivity contribution in [2.24, 2.45) is 0 Å². The van der Waals surface area contributed by atoms with Crippen molar-refractivity contribution in [3.63, 3.8) is 0 Å². The Labute approximate surface area is 102 Å². The first-order chi connectivity index (χ1) is 7.67. The maximum Gasteiger partial charge on any atom is 0.235 e. The topological polar surface area (TPSA) is 29.1 Å². The Balaban J connectivity index is 2.54. The average Bonchev–Trinajstić information content (AvgIpc) is 2.35. The van der Waals surface area contributed by atoms with Gasteiger partial charge in [0, 0.05) is 6.54 Å². The molecule has 1 N–H and O–H groups in total. The summed E-state index contributed by atoms with van der Waals surface area (Å²) < 4.78 is 0. The third kappa shape index (κ3) is 3.86. The van der Waals surface area contributed by atoms with Crippen LogP contribution in [0.1, 0.15) is 37.3 Å². The summed E-state index contributed by atoms with van der Waals surface area (Å²) in [6.45, 7) is 4.94. The zero-order valence-electron chi connectivity index (χ0n) is 9.79. The lowest BCUT2D eigenvalue weighted by atomic mass is 9.98. The van der Waals surface area contributed by atoms with Gasteiger partial charge in [0.25, 0.3) is 0 Å². The van der Waals surface area contributed by atoms with Crippen molar-refractivity contribution in [2.45, 2.75) is 32.7 Å². The van der Waals surface area contributed by atoms with Crippen LogP contribution in [-0.4, -0.2) is 11.8 Å². The third-order valence-electron chi connectivity index (χ3n) is 2.77. The molecule has 0 saturated heterocycles. The Morgan fingerprint density at radius 1 is 1.38 bits per heavy atom. The zero-order valence-corrected chi connectivity index (χ0v) is 10.6. The van der Waals surface area contributed by atoms with E-state index in [1.165, 1.54) is 5.56 Å². The molecule has 1 amide bonds. The molecule has 0 bridgehead atoms. The molecular weight excluding hydrogens is 222 g/mol. The number of alkyl halides is 1. The van der Waals surface area contributed by atoms with E-state index in [9.17, 15) is 4.79 Å². The molecule has 1 unspecified atom stereocenters. The van der Waals surface area contributed by atoms with E-state index in [4.69, 9.17) is 11.6 Å². The van der Waals surface area contributed by atoms with Crippen LogP contribution in [0.2, 0.25) is 0 Å². The van der Waals surface area contributed by atoms with Crippen molar-refractivity contribution in [1.29, 1.82) is 0 Å². The van der Waals surface area contributed by atoms with E-state index in [0.717, 1.165) is 12.0 Å². The fourth-order valence-electron chi connectivity index (χ4n) is 1.45. The standard InChI is InChI=1S/C13H18ClNO/c1-3-10(2)12-6-4-11(5-7-12)9-15-13(16)8-14/h4-7,10H,3,8-9H2,1-2H3,(H,15,16). The SMILES string of the molecule is CCC(C)c1ccc(CNC(=O)CCl)cc1. The molecule has 0 fully saturated rings. The van der Waals surface area contributed by atoms with E-state index in [2.05, 4.69) is 43.4 Å². The summed E-state index contributed by atoms with van der Waals surface area (Å²) in [5, 5.41) is 2.74. The second-order valence-corrected chi connectivity index (χ2v) is 4.23. The van der Waals surface area contributed by atoms with Gasteiger partial charge in [0.1, 0.15) is 5.88 Å². The molecule has 0 aliphatic heterocycles. The summed E-state index contributed by atoms with van der Waals surface area (Å²) in [4.78, 5) is 11.0. The number of rotatable bonds is 5. The smallest absolute Gasteiger partial charge is 0.235 e. The van der Waals surface area contributed by atoms with Crippen molar-refractivity contribution in [3.8, 4) is 0 Å². The monoisotopic (exact) mass is 239 g/mol. The quantitative estimate of drug-likeness (QED) is 0.787. The minimum atomic E-state index is -0.132. The molecule has 3 heteroatoms. The second kappa shape index (κ2) is 6.54. The molecule has 0 saturated carbocycles. The van der Waals surface area contributed by atoms with Crippen LogP contribution in [0.5, 0.6) is 0 Å². The summed E-state index contributed by atoms with van der Waals surface area (Å²) >= 11 is 5.39. The summed E-state index contributed by atoms with van der Waals surface area (Å²) in [6, 6.07) is 8.35. The molecule has 1 rings (SSSR count). The Morgan fingerprint density at radius 3 is 2.50 bits per heavy atom. The first-order valence-corrected chi connectivity index (χ1v) is 6.12. The molecular formula is C13H18ClNO. The molecule has 0 radical (unpaired) electrons. The molecule has 0 aliphatic rings. The van der Waals surface area contributed by atoms with Crippen molar-refractivity contribution >= 4 is 17.5 Å². The van der Waals surface area contributed by atoms with Crippen molar-refractivity contribution in [2.75, 3.05) is 5.88 Å². The lowest BCUT2D eigenvalue weighted by Crippen LogP contribution is -2.23. The highest BCUT2D eigenvalue weighted by Gasteiger charge is 2.03. The molecule has 88 valence electrons. The van der Waals surface area contributed by atoms with Crippen molar-refractivity contribution < 1.29 is 4.79 Å². The number of halogens is 1. The molecule has 2 nitrogen and oxygen atoms in total. The highest BCUT2D eigenvalue weighted by Crippen LogP contribution is 2.18. The molecule has 16 heavy (non-hydrogen) atoms. The van der Waals surface area contributed by atoms with E-state index in [1.54, 1.807) is 0 Å². The van der Waals surface area contributed by atoms with Gasteiger partial charge in [-0.15, -0.1) is 11.6 Å². The van der Waals surface area contributed by atoms with Crippen LogP contribution in [-0.2, 0) is 11.3 Å². The van der Waals surface area contributed by atoms with Crippen LogP contribution in [0.3, 0.4) is 0 Å². The Hall–Kier alpha value is -1.02. The van der Waals surface area contributed by atoms with E-state index in [-0.39, 0.29) is 11.8 Å². The van der Waals surface area contributed by atoms with Crippen LogP contribution in [0.25, 0.3) is 0 Å². The summed E-state index contributed by atoms with van der Waals surface area (Å²) in [5.74, 6) is 0.476. The first-order valence-electron chi connectivity index (χ1n) is 5.58. The molecule has 0 aliphatic carbocycles. The number of amides is 1. The summed E-state index contributed by atoms with van der Waals surface area (Å²) in [6.07, 6.45) is 1.14. The van der Waals surface area contributed by atoms with Crippen LogP contribution in [0.4, 0.5) is 0 Å². The van der Waals surface area contributed by atoms with Gasteiger partial charge in [-0.25, -0.2) is 0 Å². The van der Waals surface area contributed by atoms with Gasteiger partial charge in [0.05, 0.1) is 0 Å². The number of carbonyl (C=O) groups is 1. The Morgan fingerprint density at radius 2 is 2.00 bits per heavy atom. The fourth-order valence-corrected chi connectivity index (χ4v) is 1.54. The molecule has 1 aromatic rings. The number of hydrogen-bond donors (Lipinski definition) is 1. The number of carbonyl (C=O) groups excluding carboxylic acids is 1. The van der Waals surface area contributed by atoms with Gasteiger partial charge in [-0.05, 0) is 23.5 Å². The largest absolute Gasteiger partial charge is 0.351 e. The first kappa shape index (κ1) is 13.0. The molecule has 1 atom stereocenters. The second-order valence-electron chi connectivity index (χ2n) is 3.96. The van der Waals surface area contributed by atoms with E-state index in [0.29, 0.717) is 12.5 Å². The van der Waals surface area contributed by atoms with Crippen molar-refractivity contribution in [3.05, 3.63) is 35.4 Å². The summed E-state index contributed by atoms with van der Waals surface area (Å²) in [5.41, 5.74) is 2.44. The maximum absolute atomic E-state index is 11.0. The average molecular weight is 240 g/mol. The van der Waals surface area contributed by atoms with Crippen LogP contribution < -0.4 is 5.32 Å². The maximum atomic E-state index is 11.0. The Kier molecular flexibility index (Phi) is 5.33. The zero-order chi connectivity index (χ0) is 12.0. The highest BCUT2D eigenvalue weighted by molar-refractivity contribution is 6.27. The van der Waals surface area contributed by atoms with E-state index >= 15 is 0 Å². The lowest BCUT2D eigenvalue weighted by Gasteiger charge is -2.10. The van der Waals surface area contributed by atoms with Gasteiger partial charge in [-0.3, -0.25) is 4.79 Å². The van der Waals surface area contributed by atoms with Gasteiger partial charge < -0.3 is 5.32 Å². The van der Waals surface area contributed by atoms with Crippen LogP contribution in [0.15, 0.2) is 24.3 Å². The fraction of sp³-hybridized carbons (Fsp3) is 0.462. The number of benzene rings is 1. The van der Waals surface area contributed by atoms with Gasteiger partial charge in [0.2, 0.25) is 5.91 Å². The van der Waals surface area contributed by atoms with Crippen LogP contribution in [0, 0.1) is 0 Å². The van der Waals surface area contributed by atoms with E-state index < -0.39 is 0 Å². The third-order valence-corrected chi connectivity index (χ3v) is 3.01. The normalized spacial score (nSPS) is 12.2. The van der Waals surface area contributed by atoms with Crippen LogP contribution >= 0.6 is 11.6 Å². The molecule has 1 aromatic carbocycles. The minimum Gasteiger partial charge on any atom is -0.351 e. The molecule has 0 spiro atoms. The number of nitrogens with one attached hydrogen (secondary N) is 1. The highest BCUT2D eigenvalue weighted by atomic mass is 35.5. The van der Waals surface area contributed by atoms with E-state index in [1.807, 2.05) is 0 Å². The Bertz CT molecular complexity index is 334. The number of hydrogen-bond acceptors (Lipinski definition) is 1. The van der Waals surface area contributed by atoms with Gasteiger partial charge >= 0.3 is 0 Å². The van der Waals surface area contributed by atoms with Gasteiger partial charge in [-0.1, -0.05) is 38.1 Å². The van der Waals surface area contributed by atoms with Gasteiger partial charge in [-0.2, -0.15) is 0 Å². The molecule has 0 heterocycles. The minimum absolute atomic E-state index is 0.0188. The van der Waals surface area contributed by atoms with Gasteiger partial charge in [0.15, 0.2) is 0 Å². The molecule has 0 aromatic heterocycles. The summed E-state index contributed by atoms with van der Waals surface area (Å²) in [7, 11) is 0. The predicted molar refractivity (Wildman–Crippen MR) is 67.7 cm³/mol. The van der Waals surface area contributed by atoms with Crippen molar-refractivity contribution in [1.82, 2.24) is 5.32 Å².